The number of nitrogens with one attached hydrogen (secondary N) is 2. The van der Waals surface area contributed by atoms with Gasteiger partial charge in [0.2, 0.25) is 0 Å². The summed E-state index contributed by atoms with van der Waals surface area (Å²) in [6.07, 6.45) is 2.25. The number of aromatic nitrogens is 1. The zero-order valence-electron chi connectivity index (χ0n) is 10.9. The van der Waals surface area contributed by atoms with E-state index in [1.165, 1.54) is 12.3 Å². The Morgan fingerprint density at radius 1 is 1.50 bits per heavy atom. The first-order valence-electron chi connectivity index (χ1n) is 6.01. The predicted octanol–water partition coefficient (Wildman–Crippen LogP) is 2.07. The average Bonchev–Trinajstić information content (AvgIpc) is 2.25. The highest BCUT2D eigenvalue weighted by atomic mass is 35.5. The van der Waals surface area contributed by atoms with Crippen LogP contribution in [0.2, 0.25) is 0 Å². The Morgan fingerprint density at radius 2 is 2.17 bits per heavy atom. The van der Waals surface area contributed by atoms with Crippen LogP contribution in [-0.2, 0) is 0 Å². The van der Waals surface area contributed by atoms with E-state index in [4.69, 9.17) is 11.6 Å². The minimum Gasteiger partial charge on any atom is -0.364 e. The number of alkyl halides is 1. The Morgan fingerprint density at radius 3 is 2.72 bits per heavy atom. The van der Waals surface area contributed by atoms with Gasteiger partial charge in [0.25, 0.3) is 5.91 Å². The smallest absolute Gasteiger partial charge is 0.256 e. The Hall–Kier alpha value is -1.29. The quantitative estimate of drug-likeness (QED) is 0.805. The summed E-state index contributed by atoms with van der Waals surface area (Å²) < 4.78 is 0. The number of amides is 1. The molecule has 1 unspecified atom stereocenters. The maximum atomic E-state index is 11.8. The molecule has 0 radical (unpaired) electrons. The molecule has 1 amide bonds. The number of H-pyrrole nitrogens is 1. The third-order valence-electron chi connectivity index (χ3n) is 2.51. The molecule has 0 aliphatic rings. The second kappa shape index (κ2) is 6.59. The molecule has 1 atom stereocenters. The van der Waals surface area contributed by atoms with Gasteiger partial charge in [0.15, 0.2) is 5.43 Å². The standard InChI is InChI=1S/C13H19ClN2O2/c1-8(2)4-10(14)6-16-13(18)11-7-15-9(3)5-12(11)17/h5,7-8,10H,4,6H2,1-3H3,(H,15,17)(H,16,18). The summed E-state index contributed by atoms with van der Waals surface area (Å²) in [5.41, 5.74) is 0.569. The van der Waals surface area contributed by atoms with Crippen LogP contribution >= 0.6 is 11.6 Å². The van der Waals surface area contributed by atoms with Crippen LogP contribution in [0, 0.1) is 12.8 Å². The molecule has 1 rings (SSSR count). The molecule has 1 heterocycles. The lowest BCUT2D eigenvalue weighted by Crippen LogP contribution is -2.33. The molecule has 100 valence electrons. The molecule has 0 aliphatic carbocycles. The molecule has 0 aromatic carbocycles. The van der Waals surface area contributed by atoms with Gasteiger partial charge >= 0.3 is 0 Å². The van der Waals surface area contributed by atoms with E-state index in [2.05, 4.69) is 24.1 Å². The van der Waals surface area contributed by atoms with Crippen LogP contribution in [0.25, 0.3) is 0 Å². The summed E-state index contributed by atoms with van der Waals surface area (Å²) >= 11 is 6.07. The van der Waals surface area contributed by atoms with Crippen LogP contribution < -0.4 is 10.7 Å². The third kappa shape index (κ3) is 4.53. The number of carbonyl (C=O) groups is 1. The van der Waals surface area contributed by atoms with Crippen molar-refractivity contribution in [2.24, 2.45) is 5.92 Å². The second-order valence-electron chi connectivity index (χ2n) is 4.83. The first-order chi connectivity index (χ1) is 8.40. The largest absolute Gasteiger partial charge is 0.364 e. The van der Waals surface area contributed by atoms with Gasteiger partial charge < -0.3 is 10.3 Å². The molecule has 18 heavy (non-hydrogen) atoms. The highest BCUT2D eigenvalue weighted by Gasteiger charge is 2.13. The molecular weight excluding hydrogens is 252 g/mol. The fraction of sp³-hybridized carbons (Fsp3) is 0.538. The molecule has 0 saturated heterocycles. The van der Waals surface area contributed by atoms with Crippen molar-refractivity contribution in [3.63, 3.8) is 0 Å². The van der Waals surface area contributed by atoms with Gasteiger partial charge in [-0.1, -0.05) is 13.8 Å². The summed E-state index contributed by atoms with van der Waals surface area (Å²) in [6.45, 7) is 6.27. The Kier molecular flexibility index (Phi) is 5.41. The monoisotopic (exact) mass is 270 g/mol. The zero-order chi connectivity index (χ0) is 13.7. The highest BCUT2D eigenvalue weighted by Crippen LogP contribution is 2.09. The summed E-state index contributed by atoms with van der Waals surface area (Å²) in [7, 11) is 0. The van der Waals surface area contributed by atoms with Gasteiger partial charge in [0.05, 0.1) is 5.38 Å². The molecule has 0 bridgehead atoms. The van der Waals surface area contributed by atoms with Crippen molar-refractivity contribution in [2.45, 2.75) is 32.6 Å². The summed E-state index contributed by atoms with van der Waals surface area (Å²) in [5, 5.41) is 2.56. The van der Waals surface area contributed by atoms with E-state index in [-0.39, 0.29) is 22.3 Å². The average molecular weight is 271 g/mol. The van der Waals surface area contributed by atoms with Crippen molar-refractivity contribution in [1.82, 2.24) is 10.3 Å². The van der Waals surface area contributed by atoms with Gasteiger partial charge in [-0.15, -0.1) is 11.6 Å². The summed E-state index contributed by atoms with van der Waals surface area (Å²) in [4.78, 5) is 26.2. The lowest BCUT2D eigenvalue weighted by atomic mass is 10.1. The van der Waals surface area contributed by atoms with Crippen molar-refractivity contribution < 1.29 is 4.79 Å². The number of halogens is 1. The van der Waals surface area contributed by atoms with E-state index in [9.17, 15) is 9.59 Å². The Balaban J connectivity index is 2.58. The van der Waals surface area contributed by atoms with Gasteiger partial charge in [-0.3, -0.25) is 9.59 Å². The van der Waals surface area contributed by atoms with Crippen LogP contribution in [-0.4, -0.2) is 22.8 Å². The predicted molar refractivity (Wildman–Crippen MR) is 73.2 cm³/mol. The van der Waals surface area contributed by atoms with Crippen LogP contribution in [0.3, 0.4) is 0 Å². The third-order valence-corrected chi connectivity index (χ3v) is 2.85. The lowest BCUT2D eigenvalue weighted by Gasteiger charge is -2.12. The van der Waals surface area contributed by atoms with Gasteiger partial charge in [0.1, 0.15) is 5.56 Å². The maximum Gasteiger partial charge on any atom is 0.256 e. The van der Waals surface area contributed by atoms with Gasteiger partial charge in [-0.05, 0) is 19.3 Å². The van der Waals surface area contributed by atoms with Crippen LogP contribution in [0.15, 0.2) is 17.1 Å². The van der Waals surface area contributed by atoms with Crippen molar-refractivity contribution in [3.05, 3.63) is 33.7 Å². The van der Waals surface area contributed by atoms with Gasteiger partial charge in [-0.2, -0.15) is 0 Å². The minimum atomic E-state index is -0.384. The topological polar surface area (TPSA) is 62.0 Å². The van der Waals surface area contributed by atoms with Crippen molar-refractivity contribution in [3.8, 4) is 0 Å². The number of rotatable bonds is 5. The normalized spacial score (nSPS) is 12.5. The summed E-state index contributed by atoms with van der Waals surface area (Å²) in [6, 6.07) is 1.40. The SMILES string of the molecule is Cc1cc(=O)c(C(=O)NCC(Cl)CC(C)C)c[nH]1. The molecule has 0 spiro atoms. The molecule has 4 nitrogen and oxygen atoms in total. The Labute approximate surface area is 112 Å². The number of hydrogen-bond acceptors (Lipinski definition) is 2. The van der Waals surface area contributed by atoms with Crippen LogP contribution in [0.4, 0.5) is 0 Å². The van der Waals surface area contributed by atoms with Crippen molar-refractivity contribution >= 4 is 17.5 Å². The van der Waals surface area contributed by atoms with Crippen molar-refractivity contribution in [1.29, 1.82) is 0 Å². The number of carbonyl (C=O) groups excluding carboxylic acids is 1. The fourth-order valence-electron chi connectivity index (χ4n) is 1.64. The zero-order valence-corrected chi connectivity index (χ0v) is 11.7. The molecule has 0 aliphatic heterocycles. The van der Waals surface area contributed by atoms with Gasteiger partial charge in [0, 0.05) is 24.5 Å². The molecule has 1 aromatic heterocycles. The van der Waals surface area contributed by atoms with E-state index in [1.807, 2.05) is 0 Å². The van der Waals surface area contributed by atoms with Gasteiger partial charge in [-0.25, -0.2) is 0 Å². The number of pyridine rings is 1. The lowest BCUT2D eigenvalue weighted by molar-refractivity contribution is 0.0951. The first kappa shape index (κ1) is 14.8. The molecule has 1 aromatic rings. The molecule has 5 heteroatoms. The van der Waals surface area contributed by atoms with E-state index in [0.29, 0.717) is 12.5 Å². The molecule has 2 N–H and O–H groups in total. The molecular formula is C13H19ClN2O2. The number of aryl methyl sites for hydroxylation is 1. The maximum absolute atomic E-state index is 11.8. The van der Waals surface area contributed by atoms with Crippen molar-refractivity contribution in [2.75, 3.05) is 6.54 Å². The fourth-order valence-corrected chi connectivity index (χ4v) is 2.08. The first-order valence-corrected chi connectivity index (χ1v) is 6.45. The number of hydrogen-bond donors (Lipinski definition) is 2. The molecule has 0 fully saturated rings. The second-order valence-corrected chi connectivity index (χ2v) is 5.45. The van der Waals surface area contributed by atoms with E-state index < -0.39 is 0 Å². The van der Waals surface area contributed by atoms with Crippen LogP contribution in [0.1, 0.15) is 36.3 Å². The number of aromatic amines is 1. The highest BCUT2D eigenvalue weighted by molar-refractivity contribution is 6.20. The summed E-state index contributed by atoms with van der Waals surface area (Å²) in [5.74, 6) is 0.0952. The minimum absolute atomic E-state index is 0.113. The van der Waals surface area contributed by atoms with E-state index >= 15 is 0 Å². The molecule has 0 saturated carbocycles. The van der Waals surface area contributed by atoms with E-state index in [1.54, 1.807) is 6.92 Å². The Bertz CT molecular complexity index is 468. The van der Waals surface area contributed by atoms with E-state index in [0.717, 1.165) is 12.1 Å². The van der Waals surface area contributed by atoms with Crippen LogP contribution in [0.5, 0.6) is 0 Å².